The van der Waals surface area contributed by atoms with Gasteiger partial charge in [-0.15, -0.1) is 0 Å². The first-order valence-corrected chi connectivity index (χ1v) is 7.34. The third-order valence-electron chi connectivity index (χ3n) is 3.61. The molecule has 5 nitrogen and oxygen atoms in total. The van der Waals surface area contributed by atoms with Gasteiger partial charge in [-0.05, 0) is 36.6 Å². The van der Waals surface area contributed by atoms with Crippen molar-refractivity contribution in [3.8, 4) is 5.88 Å². The molecule has 0 fully saturated rings. The van der Waals surface area contributed by atoms with E-state index >= 15 is 0 Å². The van der Waals surface area contributed by atoms with E-state index in [0.717, 1.165) is 16.5 Å². The molecule has 0 aliphatic rings. The molecule has 0 radical (unpaired) electrons. The molecule has 1 aromatic carbocycles. The van der Waals surface area contributed by atoms with E-state index in [2.05, 4.69) is 15.3 Å². The van der Waals surface area contributed by atoms with E-state index < -0.39 is 0 Å². The Kier molecular flexibility index (Phi) is 4.19. The Morgan fingerprint density at radius 1 is 1.17 bits per heavy atom. The normalized spacial score (nSPS) is 11.9. The molecule has 2 heterocycles. The second kappa shape index (κ2) is 6.44. The lowest BCUT2D eigenvalue weighted by atomic mass is 10.1. The molecule has 3 aromatic rings. The first kappa shape index (κ1) is 15.0. The number of aromatic nitrogens is 2. The lowest BCUT2D eigenvalue weighted by Gasteiger charge is -2.14. The van der Waals surface area contributed by atoms with Gasteiger partial charge in [-0.1, -0.05) is 24.3 Å². The number of pyridine rings is 2. The van der Waals surface area contributed by atoms with E-state index in [1.807, 2.05) is 49.4 Å². The summed E-state index contributed by atoms with van der Waals surface area (Å²) in [5.41, 5.74) is 1.12. The monoisotopic (exact) mass is 307 g/mol. The number of nitrogens with zero attached hydrogens (tertiary/aromatic N) is 2. The van der Waals surface area contributed by atoms with Crippen LogP contribution in [0.3, 0.4) is 0 Å². The van der Waals surface area contributed by atoms with Gasteiger partial charge in [0.15, 0.2) is 0 Å². The van der Waals surface area contributed by atoms with Gasteiger partial charge in [0, 0.05) is 11.6 Å². The molecule has 0 aliphatic heterocycles. The van der Waals surface area contributed by atoms with Gasteiger partial charge in [0.05, 0.1) is 18.8 Å². The minimum absolute atomic E-state index is 0.206. The quantitative estimate of drug-likeness (QED) is 0.804. The fourth-order valence-corrected chi connectivity index (χ4v) is 2.42. The number of rotatable bonds is 4. The summed E-state index contributed by atoms with van der Waals surface area (Å²) in [6.07, 6.45) is 1.70. The smallest absolute Gasteiger partial charge is 0.270 e. The molecule has 116 valence electrons. The Bertz CT molecular complexity index is 834. The van der Waals surface area contributed by atoms with Crippen LogP contribution < -0.4 is 10.1 Å². The minimum Gasteiger partial charge on any atom is -0.481 e. The summed E-state index contributed by atoms with van der Waals surface area (Å²) in [6.45, 7) is 1.89. The Morgan fingerprint density at radius 3 is 2.70 bits per heavy atom. The van der Waals surface area contributed by atoms with Crippen LogP contribution in [-0.2, 0) is 0 Å². The summed E-state index contributed by atoms with van der Waals surface area (Å²) < 4.78 is 5.30. The van der Waals surface area contributed by atoms with Gasteiger partial charge in [-0.2, -0.15) is 0 Å². The van der Waals surface area contributed by atoms with E-state index in [9.17, 15) is 4.79 Å². The molecule has 5 heteroatoms. The third kappa shape index (κ3) is 3.13. The van der Waals surface area contributed by atoms with Crippen molar-refractivity contribution < 1.29 is 9.53 Å². The summed E-state index contributed by atoms with van der Waals surface area (Å²) in [7, 11) is 1.55. The Morgan fingerprint density at radius 2 is 1.96 bits per heavy atom. The lowest BCUT2D eigenvalue weighted by Crippen LogP contribution is -2.28. The number of nitrogens with one attached hydrogen (secondary N) is 1. The second-order valence-electron chi connectivity index (χ2n) is 5.19. The summed E-state index contributed by atoms with van der Waals surface area (Å²) in [5.74, 6) is 0.186. The zero-order chi connectivity index (χ0) is 16.2. The van der Waals surface area contributed by atoms with Gasteiger partial charge < -0.3 is 10.1 Å². The van der Waals surface area contributed by atoms with E-state index in [-0.39, 0.29) is 11.9 Å². The number of hydrogen-bond donors (Lipinski definition) is 1. The van der Waals surface area contributed by atoms with Gasteiger partial charge in [-0.25, -0.2) is 4.98 Å². The summed E-state index contributed by atoms with van der Waals surface area (Å²) in [5, 5.41) is 4.70. The van der Waals surface area contributed by atoms with Crippen LogP contribution >= 0.6 is 0 Å². The second-order valence-corrected chi connectivity index (χ2v) is 5.19. The molecule has 0 spiro atoms. The first-order valence-electron chi connectivity index (χ1n) is 7.34. The van der Waals surface area contributed by atoms with Crippen molar-refractivity contribution >= 4 is 16.7 Å². The number of benzene rings is 1. The van der Waals surface area contributed by atoms with Crippen molar-refractivity contribution in [2.45, 2.75) is 13.0 Å². The fraction of sp³-hybridized carbons (Fsp3) is 0.167. The molecule has 1 atom stereocenters. The Balaban J connectivity index is 1.89. The maximum atomic E-state index is 12.5. The van der Waals surface area contributed by atoms with Crippen molar-refractivity contribution in [1.82, 2.24) is 15.3 Å². The highest BCUT2D eigenvalue weighted by Gasteiger charge is 2.16. The molecule has 0 bridgehead atoms. The predicted molar refractivity (Wildman–Crippen MR) is 88.4 cm³/mol. The van der Waals surface area contributed by atoms with Gasteiger partial charge in [0.25, 0.3) is 5.91 Å². The van der Waals surface area contributed by atoms with Crippen LogP contribution in [0.5, 0.6) is 5.88 Å². The molecule has 2 aromatic heterocycles. The predicted octanol–water partition coefficient (Wildman–Crippen LogP) is 3.13. The molecule has 0 saturated carbocycles. The summed E-state index contributed by atoms with van der Waals surface area (Å²) in [4.78, 5) is 21.0. The fourth-order valence-electron chi connectivity index (χ4n) is 2.42. The molecule has 0 saturated heterocycles. The maximum Gasteiger partial charge on any atom is 0.270 e. The van der Waals surface area contributed by atoms with E-state index in [1.54, 1.807) is 19.4 Å². The van der Waals surface area contributed by atoms with Crippen LogP contribution in [-0.4, -0.2) is 23.0 Å². The largest absolute Gasteiger partial charge is 0.481 e. The van der Waals surface area contributed by atoms with Crippen molar-refractivity contribution in [1.29, 1.82) is 0 Å². The average molecular weight is 307 g/mol. The molecule has 23 heavy (non-hydrogen) atoms. The molecular formula is C18H17N3O2. The Labute approximate surface area is 134 Å². The lowest BCUT2D eigenvalue weighted by molar-refractivity contribution is 0.0933. The molecule has 0 unspecified atom stereocenters. The van der Waals surface area contributed by atoms with E-state index in [0.29, 0.717) is 11.6 Å². The maximum absolute atomic E-state index is 12.5. The van der Waals surface area contributed by atoms with Gasteiger partial charge in [0.1, 0.15) is 5.69 Å². The minimum atomic E-state index is -0.257. The summed E-state index contributed by atoms with van der Waals surface area (Å²) in [6, 6.07) is 14.8. The SMILES string of the molecule is COc1nc(C(=O)N[C@@H](C)c2ccccn2)cc2ccccc12. The van der Waals surface area contributed by atoms with E-state index in [1.165, 1.54) is 0 Å². The van der Waals surface area contributed by atoms with Crippen molar-refractivity contribution in [2.75, 3.05) is 7.11 Å². The van der Waals surface area contributed by atoms with Gasteiger partial charge >= 0.3 is 0 Å². The third-order valence-corrected chi connectivity index (χ3v) is 3.61. The van der Waals surface area contributed by atoms with Crippen LogP contribution in [0.15, 0.2) is 54.7 Å². The highest BCUT2D eigenvalue weighted by Crippen LogP contribution is 2.24. The highest BCUT2D eigenvalue weighted by atomic mass is 16.5. The van der Waals surface area contributed by atoms with Crippen molar-refractivity contribution in [3.63, 3.8) is 0 Å². The number of methoxy groups -OCH3 is 1. The van der Waals surface area contributed by atoms with Crippen LogP contribution in [0.25, 0.3) is 10.8 Å². The molecule has 3 rings (SSSR count). The zero-order valence-electron chi connectivity index (χ0n) is 13.0. The van der Waals surface area contributed by atoms with Crippen molar-refractivity contribution in [2.24, 2.45) is 0 Å². The molecule has 1 amide bonds. The highest BCUT2D eigenvalue weighted by molar-refractivity contribution is 5.98. The summed E-state index contributed by atoms with van der Waals surface area (Å²) >= 11 is 0. The average Bonchev–Trinajstić information content (AvgIpc) is 2.61. The number of amides is 1. The number of fused-ring (bicyclic) bond motifs is 1. The molecular weight excluding hydrogens is 290 g/mol. The number of carbonyl (C=O) groups excluding carboxylic acids is 1. The Hall–Kier alpha value is -2.95. The zero-order valence-corrected chi connectivity index (χ0v) is 13.0. The van der Waals surface area contributed by atoms with Gasteiger partial charge in [-0.3, -0.25) is 9.78 Å². The van der Waals surface area contributed by atoms with Crippen LogP contribution in [0, 0.1) is 0 Å². The molecule has 0 aliphatic carbocycles. The number of carbonyl (C=O) groups is 1. The van der Waals surface area contributed by atoms with Crippen LogP contribution in [0.4, 0.5) is 0 Å². The number of hydrogen-bond acceptors (Lipinski definition) is 4. The first-order chi connectivity index (χ1) is 11.2. The topological polar surface area (TPSA) is 64.1 Å². The van der Waals surface area contributed by atoms with E-state index in [4.69, 9.17) is 4.74 Å². The number of ether oxygens (including phenoxy) is 1. The van der Waals surface area contributed by atoms with Gasteiger partial charge in [0.2, 0.25) is 5.88 Å². The van der Waals surface area contributed by atoms with Crippen LogP contribution in [0.1, 0.15) is 29.1 Å². The van der Waals surface area contributed by atoms with Crippen molar-refractivity contribution in [3.05, 3.63) is 66.1 Å². The van der Waals surface area contributed by atoms with Crippen LogP contribution in [0.2, 0.25) is 0 Å². The molecule has 1 N–H and O–H groups in total. The standard InChI is InChI=1S/C18H17N3O2/c1-12(15-9-5-6-10-19-15)20-17(22)16-11-13-7-3-4-8-14(13)18(21-16)23-2/h3-12H,1-2H3,(H,20,22)/t12-/m0/s1.